The van der Waals surface area contributed by atoms with E-state index in [2.05, 4.69) is 33.6 Å². The van der Waals surface area contributed by atoms with E-state index in [4.69, 9.17) is 0 Å². The zero-order chi connectivity index (χ0) is 18.4. The number of amides is 1. The Morgan fingerprint density at radius 1 is 1.00 bits per heavy atom. The van der Waals surface area contributed by atoms with Gasteiger partial charge in [-0.2, -0.15) is 0 Å². The van der Waals surface area contributed by atoms with Crippen LogP contribution >= 0.6 is 0 Å². The highest BCUT2D eigenvalue weighted by molar-refractivity contribution is 5.93. The van der Waals surface area contributed by atoms with Crippen LogP contribution in [0.5, 0.6) is 0 Å². The number of nitrogens with zero attached hydrogens (tertiary/aromatic N) is 2. The number of benzene rings is 2. The molecule has 0 aliphatic rings. The second kappa shape index (κ2) is 8.25. The molecule has 0 unspecified atom stereocenters. The fraction of sp³-hybridized carbons (Fsp3) is 0.190. The maximum atomic E-state index is 12.3. The van der Waals surface area contributed by atoms with Crippen molar-refractivity contribution in [2.24, 2.45) is 0 Å². The molecule has 0 aliphatic carbocycles. The van der Waals surface area contributed by atoms with Crippen molar-refractivity contribution >= 4 is 17.4 Å². The zero-order valence-electron chi connectivity index (χ0n) is 15.0. The van der Waals surface area contributed by atoms with Gasteiger partial charge in [-0.15, -0.1) is 0 Å². The van der Waals surface area contributed by atoms with Gasteiger partial charge in [0.05, 0.1) is 0 Å². The fourth-order valence-electron chi connectivity index (χ4n) is 2.70. The van der Waals surface area contributed by atoms with Crippen molar-refractivity contribution < 1.29 is 4.79 Å². The standard InChI is InChI=1S/C21H22N4O/c1-15-8-9-18(16(2)12-15)25-20-13-19(23-14-24-20)21(26)22-11-10-17-6-4-3-5-7-17/h3-9,12-14H,10-11H2,1-2H3,(H,22,26)(H,23,24,25). The van der Waals surface area contributed by atoms with Crippen molar-refractivity contribution in [2.45, 2.75) is 20.3 Å². The minimum Gasteiger partial charge on any atom is -0.350 e. The molecule has 0 atom stereocenters. The van der Waals surface area contributed by atoms with Crippen LogP contribution in [0.4, 0.5) is 11.5 Å². The molecule has 1 amide bonds. The van der Waals surface area contributed by atoms with E-state index in [0.717, 1.165) is 17.7 Å². The Kier molecular flexibility index (Phi) is 5.59. The van der Waals surface area contributed by atoms with Crippen LogP contribution in [0.2, 0.25) is 0 Å². The molecule has 0 spiro atoms. The monoisotopic (exact) mass is 346 g/mol. The molecule has 1 heterocycles. The van der Waals surface area contributed by atoms with Gasteiger partial charge in [0.25, 0.3) is 5.91 Å². The third-order valence-corrected chi connectivity index (χ3v) is 4.09. The number of carbonyl (C=O) groups is 1. The highest BCUT2D eigenvalue weighted by Gasteiger charge is 2.09. The molecule has 132 valence electrons. The van der Waals surface area contributed by atoms with Gasteiger partial charge in [0.15, 0.2) is 0 Å². The topological polar surface area (TPSA) is 66.9 Å². The number of rotatable bonds is 6. The molecular formula is C21H22N4O. The van der Waals surface area contributed by atoms with Crippen LogP contribution in [0.15, 0.2) is 60.9 Å². The van der Waals surface area contributed by atoms with Gasteiger partial charge in [-0.05, 0) is 37.5 Å². The smallest absolute Gasteiger partial charge is 0.270 e. The summed E-state index contributed by atoms with van der Waals surface area (Å²) in [6.07, 6.45) is 2.18. The van der Waals surface area contributed by atoms with Crippen LogP contribution in [0.3, 0.4) is 0 Å². The van der Waals surface area contributed by atoms with E-state index in [1.807, 2.05) is 49.4 Å². The van der Waals surface area contributed by atoms with Gasteiger partial charge >= 0.3 is 0 Å². The highest BCUT2D eigenvalue weighted by Crippen LogP contribution is 2.20. The van der Waals surface area contributed by atoms with Crippen LogP contribution in [0, 0.1) is 13.8 Å². The summed E-state index contributed by atoms with van der Waals surface area (Å²) in [5.41, 5.74) is 4.82. The average molecular weight is 346 g/mol. The lowest BCUT2D eigenvalue weighted by Crippen LogP contribution is -2.26. The Labute approximate surface area is 153 Å². The van der Waals surface area contributed by atoms with Gasteiger partial charge in [-0.3, -0.25) is 4.79 Å². The maximum absolute atomic E-state index is 12.3. The van der Waals surface area contributed by atoms with Gasteiger partial charge in [0.2, 0.25) is 0 Å². The van der Waals surface area contributed by atoms with Crippen molar-refractivity contribution in [3.05, 3.63) is 83.3 Å². The van der Waals surface area contributed by atoms with Crippen LogP contribution in [0.1, 0.15) is 27.2 Å². The molecule has 0 aliphatic heterocycles. The van der Waals surface area contributed by atoms with Gasteiger partial charge in [0.1, 0.15) is 17.8 Å². The van der Waals surface area contributed by atoms with Crippen molar-refractivity contribution in [3.8, 4) is 0 Å². The van der Waals surface area contributed by atoms with E-state index in [1.54, 1.807) is 6.07 Å². The lowest BCUT2D eigenvalue weighted by molar-refractivity contribution is 0.0949. The lowest BCUT2D eigenvalue weighted by Gasteiger charge is -2.10. The summed E-state index contributed by atoms with van der Waals surface area (Å²) < 4.78 is 0. The van der Waals surface area contributed by atoms with Gasteiger partial charge < -0.3 is 10.6 Å². The number of hydrogen-bond acceptors (Lipinski definition) is 4. The van der Waals surface area contributed by atoms with E-state index in [1.165, 1.54) is 17.5 Å². The molecule has 26 heavy (non-hydrogen) atoms. The van der Waals surface area contributed by atoms with E-state index >= 15 is 0 Å². The minimum absolute atomic E-state index is 0.202. The van der Waals surface area contributed by atoms with E-state index in [9.17, 15) is 4.79 Å². The number of aryl methyl sites for hydroxylation is 2. The summed E-state index contributed by atoms with van der Waals surface area (Å²) in [7, 11) is 0. The molecule has 3 aromatic rings. The largest absolute Gasteiger partial charge is 0.350 e. The molecular weight excluding hydrogens is 324 g/mol. The molecule has 0 saturated carbocycles. The third-order valence-electron chi connectivity index (χ3n) is 4.09. The second-order valence-electron chi connectivity index (χ2n) is 6.22. The van der Waals surface area contributed by atoms with Crippen molar-refractivity contribution in [2.75, 3.05) is 11.9 Å². The molecule has 2 N–H and O–H groups in total. The lowest BCUT2D eigenvalue weighted by atomic mass is 10.1. The Morgan fingerprint density at radius 2 is 1.81 bits per heavy atom. The van der Waals surface area contributed by atoms with Crippen molar-refractivity contribution in [1.29, 1.82) is 0 Å². The second-order valence-corrected chi connectivity index (χ2v) is 6.22. The molecule has 1 aromatic heterocycles. The van der Waals surface area contributed by atoms with Gasteiger partial charge in [-0.25, -0.2) is 9.97 Å². The Hall–Kier alpha value is -3.21. The van der Waals surface area contributed by atoms with Crippen molar-refractivity contribution in [1.82, 2.24) is 15.3 Å². The van der Waals surface area contributed by atoms with Crippen LogP contribution in [0.25, 0.3) is 0 Å². The normalized spacial score (nSPS) is 10.4. The van der Waals surface area contributed by atoms with Crippen LogP contribution in [-0.2, 0) is 6.42 Å². The molecule has 0 fully saturated rings. The molecule has 2 aromatic carbocycles. The summed E-state index contributed by atoms with van der Waals surface area (Å²) in [5, 5.41) is 6.15. The summed E-state index contributed by atoms with van der Waals surface area (Å²) >= 11 is 0. The number of carbonyl (C=O) groups excluding carboxylic acids is 1. The summed E-state index contributed by atoms with van der Waals surface area (Å²) in [4.78, 5) is 20.6. The summed E-state index contributed by atoms with van der Waals surface area (Å²) in [5.74, 6) is 0.396. The number of anilines is 2. The average Bonchev–Trinajstić information content (AvgIpc) is 2.65. The first-order valence-corrected chi connectivity index (χ1v) is 8.60. The van der Waals surface area contributed by atoms with Crippen LogP contribution in [-0.4, -0.2) is 22.4 Å². The summed E-state index contributed by atoms with van der Waals surface area (Å²) in [6, 6.07) is 17.9. The predicted molar refractivity (Wildman–Crippen MR) is 104 cm³/mol. The molecule has 0 radical (unpaired) electrons. The first-order chi connectivity index (χ1) is 12.6. The fourth-order valence-corrected chi connectivity index (χ4v) is 2.70. The first-order valence-electron chi connectivity index (χ1n) is 8.60. The SMILES string of the molecule is Cc1ccc(Nc2cc(C(=O)NCCc3ccccc3)ncn2)c(C)c1. The molecule has 0 bridgehead atoms. The molecule has 5 nitrogen and oxygen atoms in total. The number of nitrogens with one attached hydrogen (secondary N) is 2. The Bertz CT molecular complexity index is 894. The predicted octanol–water partition coefficient (Wildman–Crippen LogP) is 3.81. The minimum atomic E-state index is -0.202. The first kappa shape index (κ1) is 17.6. The van der Waals surface area contributed by atoms with E-state index < -0.39 is 0 Å². The zero-order valence-corrected chi connectivity index (χ0v) is 15.0. The van der Waals surface area contributed by atoms with Gasteiger partial charge in [0, 0.05) is 18.3 Å². The third kappa shape index (κ3) is 4.66. The van der Waals surface area contributed by atoms with E-state index in [-0.39, 0.29) is 5.91 Å². The summed E-state index contributed by atoms with van der Waals surface area (Å²) in [6.45, 7) is 4.65. The van der Waals surface area contributed by atoms with E-state index in [0.29, 0.717) is 18.1 Å². The highest BCUT2D eigenvalue weighted by atomic mass is 16.1. The van der Waals surface area contributed by atoms with Crippen LogP contribution < -0.4 is 10.6 Å². The van der Waals surface area contributed by atoms with Gasteiger partial charge in [-0.1, -0.05) is 48.0 Å². The number of aromatic nitrogens is 2. The molecule has 5 heteroatoms. The maximum Gasteiger partial charge on any atom is 0.270 e. The van der Waals surface area contributed by atoms with Crippen molar-refractivity contribution in [3.63, 3.8) is 0 Å². The molecule has 0 saturated heterocycles. The Morgan fingerprint density at radius 3 is 2.58 bits per heavy atom. The Balaban J connectivity index is 1.62. The number of hydrogen-bond donors (Lipinski definition) is 2. The molecule has 3 rings (SSSR count). The quantitative estimate of drug-likeness (QED) is 0.712.